The Balaban J connectivity index is 1.55. The average molecular weight is 392 g/mol. The van der Waals surface area contributed by atoms with Crippen LogP contribution in [0.1, 0.15) is 5.56 Å². The quantitative estimate of drug-likeness (QED) is 0.842. The Morgan fingerprint density at radius 2 is 1.81 bits per heavy atom. The van der Waals surface area contributed by atoms with Crippen LogP contribution in [0.5, 0.6) is 0 Å². The predicted octanol–water partition coefficient (Wildman–Crippen LogP) is 1.31. The number of rotatable bonds is 3. The Kier molecular flexibility index (Phi) is 5.89. The van der Waals surface area contributed by atoms with Gasteiger partial charge in [0.25, 0.3) is 0 Å². The maximum Gasteiger partial charge on any atom is 0.417 e. The summed E-state index contributed by atoms with van der Waals surface area (Å²) in [6.45, 7) is 5.89. The van der Waals surface area contributed by atoms with E-state index in [1.165, 1.54) is 0 Å². The van der Waals surface area contributed by atoms with Gasteiger partial charge in [0.1, 0.15) is 5.82 Å². The zero-order valence-electron chi connectivity index (χ0n) is 14.2. The molecule has 0 atom stereocenters. The van der Waals surface area contributed by atoms with Gasteiger partial charge < -0.3 is 15.1 Å². The lowest BCUT2D eigenvalue weighted by molar-refractivity contribution is -0.138. The Morgan fingerprint density at radius 3 is 2.38 bits per heavy atom. The number of hydrogen-bond acceptors (Lipinski definition) is 5. The van der Waals surface area contributed by atoms with Crippen molar-refractivity contribution in [3.63, 3.8) is 0 Å². The van der Waals surface area contributed by atoms with Gasteiger partial charge in [-0.3, -0.25) is 9.69 Å². The number of nitrogens with one attached hydrogen (secondary N) is 1. The van der Waals surface area contributed by atoms with Crippen molar-refractivity contribution in [1.29, 1.82) is 0 Å². The van der Waals surface area contributed by atoms with E-state index in [1.807, 2.05) is 4.90 Å². The molecule has 1 amide bonds. The Morgan fingerprint density at radius 1 is 1.15 bits per heavy atom. The van der Waals surface area contributed by atoms with Crippen LogP contribution in [0, 0.1) is 0 Å². The van der Waals surface area contributed by atoms with Crippen LogP contribution in [0.3, 0.4) is 0 Å². The third-order valence-corrected chi connectivity index (χ3v) is 4.93. The molecule has 0 unspecified atom stereocenters. The second kappa shape index (κ2) is 7.98. The molecule has 1 N–H and O–H groups in total. The molecule has 1 aromatic rings. The molecule has 0 saturated carbocycles. The number of pyridine rings is 1. The first-order valence-electron chi connectivity index (χ1n) is 8.53. The highest BCUT2D eigenvalue weighted by atomic mass is 35.5. The number of alkyl halides is 3. The van der Waals surface area contributed by atoms with Gasteiger partial charge >= 0.3 is 6.18 Å². The van der Waals surface area contributed by atoms with E-state index >= 15 is 0 Å². The molecular weight excluding hydrogens is 371 g/mol. The molecule has 10 heteroatoms. The van der Waals surface area contributed by atoms with Crippen LogP contribution in [0.2, 0.25) is 5.02 Å². The first kappa shape index (κ1) is 19.2. The van der Waals surface area contributed by atoms with Gasteiger partial charge in [0.05, 0.1) is 17.1 Å². The van der Waals surface area contributed by atoms with E-state index in [4.69, 9.17) is 11.6 Å². The van der Waals surface area contributed by atoms with Gasteiger partial charge in [-0.2, -0.15) is 13.2 Å². The second-order valence-electron chi connectivity index (χ2n) is 6.42. The summed E-state index contributed by atoms with van der Waals surface area (Å²) in [4.78, 5) is 22.0. The summed E-state index contributed by atoms with van der Waals surface area (Å²) in [6, 6.07) is 0.895. The first-order chi connectivity index (χ1) is 12.3. The molecule has 26 heavy (non-hydrogen) atoms. The molecule has 0 bridgehead atoms. The van der Waals surface area contributed by atoms with E-state index in [-0.39, 0.29) is 10.9 Å². The smallest absolute Gasteiger partial charge is 0.352 e. The third-order valence-electron chi connectivity index (χ3n) is 4.65. The number of nitrogens with zero attached hydrogens (tertiary/aromatic N) is 4. The number of carbonyl (C=O) groups is 1. The van der Waals surface area contributed by atoms with Crippen molar-refractivity contribution in [1.82, 2.24) is 20.1 Å². The summed E-state index contributed by atoms with van der Waals surface area (Å²) < 4.78 is 38.1. The minimum atomic E-state index is -4.47. The number of hydrogen-bond donors (Lipinski definition) is 1. The van der Waals surface area contributed by atoms with Crippen LogP contribution in [0.4, 0.5) is 19.0 Å². The van der Waals surface area contributed by atoms with E-state index < -0.39 is 11.7 Å². The van der Waals surface area contributed by atoms with Gasteiger partial charge in [0, 0.05) is 58.6 Å². The predicted molar refractivity (Wildman–Crippen MR) is 92.4 cm³/mol. The van der Waals surface area contributed by atoms with Crippen LogP contribution in [0.15, 0.2) is 12.3 Å². The van der Waals surface area contributed by atoms with E-state index in [0.717, 1.165) is 38.4 Å². The Bertz CT molecular complexity index is 643. The largest absolute Gasteiger partial charge is 0.417 e. The second-order valence-corrected chi connectivity index (χ2v) is 6.83. The molecular formula is C16H21ClF3N5O. The SMILES string of the molecule is O=C(CN1CCNCC1)N1CCN(c2ncc(C(F)(F)F)cc2Cl)CC1. The van der Waals surface area contributed by atoms with Crippen molar-refractivity contribution in [2.75, 3.05) is 63.8 Å². The Hall–Kier alpha value is -1.58. The summed E-state index contributed by atoms with van der Waals surface area (Å²) in [7, 11) is 0. The molecule has 2 aliphatic rings. The van der Waals surface area contributed by atoms with Gasteiger partial charge in [0.2, 0.25) is 5.91 Å². The summed E-state index contributed by atoms with van der Waals surface area (Å²) in [6.07, 6.45) is -3.67. The van der Waals surface area contributed by atoms with Gasteiger partial charge in [-0.1, -0.05) is 11.6 Å². The standard InChI is InChI=1S/C16H21ClF3N5O/c17-13-9-12(16(18,19)20)10-22-15(13)25-7-5-24(6-8-25)14(26)11-23-3-1-21-2-4-23/h9-10,21H,1-8,11H2. The summed E-state index contributed by atoms with van der Waals surface area (Å²) >= 11 is 6.00. The minimum absolute atomic E-state index is 0.0274. The minimum Gasteiger partial charge on any atom is -0.352 e. The van der Waals surface area contributed by atoms with Crippen LogP contribution in [-0.4, -0.2) is 79.6 Å². The lowest BCUT2D eigenvalue weighted by atomic mass is 10.2. The van der Waals surface area contributed by atoms with Crippen molar-refractivity contribution in [2.45, 2.75) is 6.18 Å². The fourth-order valence-corrected chi connectivity index (χ4v) is 3.43. The monoisotopic (exact) mass is 391 g/mol. The molecule has 2 fully saturated rings. The van der Waals surface area contributed by atoms with E-state index in [0.29, 0.717) is 38.5 Å². The molecule has 0 aromatic carbocycles. The fourth-order valence-electron chi connectivity index (χ4n) is 3.15. The van der Waals surface area contributed by atoms with Crippen LogP contribution in [0.25, 0.3) is 0 Å². The molecule has 6 nitrogen and oxygen atoms in total. The van der Waals surface area contributed by atoms with E-state index in [2.05, 4.69) is 15.2 Å². The molecule has 3 rings (SSSR count). The zero-order chi connectivity index (χ0) is 18.7. The lowest BCUT2D eigenvalue weighted by Gasteiger charge is -2.37. The lowest BCUT2D eigenvalue weighted by Crippen LogP contribution is -2.53. The summed E-state index contributed by atoms with van der Waals surface area (Å²) in [5.41, 5.74) is -0.865. The molecule has 2 saturated heterocycles. The van der Waals surface area contributed by atoms with Crippen molar-refractivity contribution in [3.8, 4) is 0 Å². The highest BCUT2D eigenvalue weighted by Crippen LogP contribution is 2.33. The van der Waals surface area contributed by atoms with Crippen molar-refractivity contribution in [3.05, 3.63) is 22.8 Å². The first-order valence-corrected chi connectivity index (χ1v) is 8.91. The number of aromatic nitrogens is 1. The molecule has 0 spiro atoms. The number of carbonyl (C=O) groups excluding carboxylic acids is 1. The zero-order valence-corrected chi connectivity index (χ0v) is 15.0. The number of halogens is 4. The normalized spacial score (nSPS) is 19.7. The highest BCUT2D eigenvalue weighted by molar-refractivity contribution is 6.33. The number of anilines is 1. The molecule has 0 aliphatic carbocycles. The summed E-state index contributed by atoms with van der Waals surface area (Å²) in [5, 5.41) is 3.22. The topological polar surface area (TPSA) is 51.7 Å². The number of amides is 1. The van der Waals surface area contributed by atoms with Crippen LogP contribution < -0.4 is 10.2 Å². The molecule has 3 heterocycles. The van der Waals surface area contributed by atoms with Crippen molar-refractivity contribution < 1.29 is 18.0 Å². The highest BCUT2D eigenvalue weighted by Gasteiger charge is 2.32. The van der Waals surface area contributed by atoms with Gasteiger partial charge in [-0.05, 0) is 6.07 Å². The molecule has 1 aromatic heterocycles. The van der Waals surface area contributed by atoms with Crippen molar-refractivity contribution >= 4 is 23.3 Å². The fraction of sp³-hybridized carbons (Fsp3) is 0.625. The van der Waals surface area contributed by atoms with Crippen LogP contribution >= 0.6 is 11.6 Å². The van der Waals surface area contributed by atoms with E-state index in [9.17, 15) is 18.0 Å². The third kappa shape index (κ3) is 4.57. The summed E-state index contributed by atoms with van der Waals surface area (Å²) in [5.74, 6) is 0.409. The van der Waals surface area contributed by atoms with Crippen LogP contribution in [-0.2, 0) is 11.0 Å². The maximum absolute atomic E-state index is 12.7. The number of piperazine rings is 2. The molecule has 2 aliphatic heterocycles. The average Bonchev–Trinajstić information content (AvgIpc) is 2.62. The van der Waals surface area contributed by atoms with Gasteiger partial charge in [-0.15, -0.1) is 0 Å². The molecule has 144 valence electrons. The van der Waals surface area contributed by atoms with E-state index in [1.54, 1.807) is 4.90 Å². The van der Waals surface area contributed by atoms with Crippen molar-refractivity contribution in [2.24, 2.45) is 0 Å². The van der Waals surface area contributed by atoms with Gasteiger partial charge in [-0.25, -0.2) is 4.98 Å². The van der Waals surface area contributed by atoms with Gasteiger partial charge in [0.15, 0.2) is 0 Å². The maximum atomic E-state index is 12.7. The molecule has 0 radical (unpaired) electrons. The Labute approximate surface area is 154 Å².